The lowest BCUT2D eigenvalue weighted by molar-refractivity contribution is -0.385. The Kier molecular flexibility index (Phi) is 12.0. The van der Waals surface area contributed by atoms with Crippen LogP contribution in [-0.4, -0.2) is 56.3 Å². The van der Waals surface area contributed by atoms with E-state index in [0.717, 1.165) is 10.4 Å². The highest BCUT2D eigenvalue weighted by molar-refractivity contribution is 7.92. The topological polar surface area (TPSA) is 139 Å². The molecule has 3 rings (SSSR count). The first-order chi connectivity index (χ1) is 20.8. The molecule has 0 aromatic heterocycles. The molecule has 0 radical (unpaired) electrons. The summed E-state index contributed by atoms with van der Waals surface area (Å²) in [6.07, 6.45) is 0.900. The van der Waals surface area contributed by atoms with Crippen molar-refractivity contribution < 1.29 is 27.7 Å². The molecule has 1 atom stereocenters. The van der Waals surface area contributed by atoms with Crippen molar-refractivity contribution in [3.05, 3.63) is 92.0 Å². The molecule has 0 saturated carbocycles. The van der Waals surface area contributed by atoms with Gasteiger partial charge in [0, 0.05) is 34.8 Å². The summed E-state index contributed by atoms with van der Waals surface area (Å²) >= 11 is 12.5. The number of carbonyl (C=O) groups excluding carboxylic acids is 2. The Morgan fingerprint density at radius 1 is 1.05 bits per heavy atom. The van der Waals surface area contributed by atoms with Gasteiger partial charge in [0.2, 0.25) is 11.8 Å². The van der Waals surface area contributed by atoms with E-state index in [1.165, 1.54) is 61.4 Å². The number of sulfonamides is 1. The van der Waals surface area contributed by atoms with E-state index in [9.17, 15) is 28.1 Å². The summed E-state index contributed by atoms with van der Waals surface area (Å²) in [6.45, 7) is 4.68. The number of amides is 2. The average molecular weight is 666 g/mol. The van der Waals surface area contributed by atoms with E-state index in [1.807, 2.05) is 6.92 Å². The van der Waals surface area contributed by atoms with Gasteiger partial charge in [-0.05, 0) is 67.8 Å². The van der Waals surface area contributed by atoms with E-state index in [2.05, 4.69) is 5.32 Å². The van der Waals surface area contributed by atoms with Gasteiger partial charge in [-0.3, -0.25) is 24.0 Å². The number of hydrogen-bond acceptors (Lipinski definition) is 7. The monoisotopic (exact) mass is 664 g/mol. The van der Waals surface area contributed by atoms with Crippen molar-refractivity contribution in [2.75, 3.05) is 24.5 Å². The van der Waals surface area contributed by atoms with Crippen LogP contribution in [0.3, 0.4) is 0 Å². The molecule has 0 aliphatic carbocycles. The summed E-state index contributed by atoms with van der Waals surface area (Å²) in [6, 6.07) is 13.3. The van der Waals surface area contributed by atoms with Crippen LogP contribution in [0.2, 0.25) is 10.0 Å². The van der Waals surface area contributed by atoms with E-state index in [0.29, 0.717) is 29.3 Å². The van der Waals surface area contributed by atoms with Crippen molar-refractivity contribution in [2.24, 2.45) is 0 Å². The lowest BCUT2D eigenvalue weighted by Crippen LogP contribution is -2.52. The zero-order chi connectivity index (χ0) is 32.6. The lowest BCUT2D eigenvalue weighted by atomic mass is 10.1. The maximum Gasteiger partial charge on any atom is 0.273 e. The van der Waals surface area contributed by atoms with Crippen LogP contribution in [0.4, 0.5) is 11.4 Å². The molecular formula is C30H34Cl2N4O7S. The fourth-order valence-electron chi connectivity index (χ4n) is 4.47. The highest BCUT2D eigenvalue weighted by atomic mass is 35.5. The molecule has 11 nitrogen and oxygen atoms in total. The molecular weight excluding hydrogens is 631 g/mol. The van der Waals surface area contributed by atoms with Gasteiger partial charge >= 0.3 is 0 Å². The highest BCUT2D eigenvalue weighted by Crippen LogP contribution is 2.30. The zero-order valence-corrected chi connectivity index (χ0v) is 27.1. The fraction of sp³-hybridized carbons (Fsp3) is 0.333. The van der Waals surface area contributed by atoms with Gasteiger partial charge in [-0.2, -0.15) is 0 Å². The second-order valence-corrected chi connectivity index (χ2v) is 12.6. The molecule has 3 aromatic rings. The van der Waals surface area contributed by atoms with Gasteiger partial charge in [0.15, 0.2) is 0 Å². The quantitative estimate of drug-likeness (QED) is 0.171. The Morgan fingerprint density at radius 3 is 2.30 bits per heavy atom. The summed E-state index contributed by atoms with van der Waals surface area (Å²) in [5.74, 6) is -0.655. The van der Waals surface area contributed by atoms with Crippen LogP contribution in [0.1, 0.15) is 37.8 Å². The first kappa shape index (κ1) is 34.6. The third-order valence-corrected chi connectivity index (χ3v) is 9.25. The van der Waals surface area contributed by atoms with Crippen molar-refractivity contribution in [1.82, 2.24) is 10.2 Å². The predicted octanol–water partition coefficient (Wildman–Crippen LogP) is 5.75. The Balaban J connectivity index is 2.13. The summed E-state index contributed by atoms with van der Waals surface area (Å²) < 4.78 is 34.2. The van der Waals surface area contributed by atoms with Gasteiger partial charge < -0.3 is 15.0 Å². The molecule has 0 fully saturated rings. The number of nitrogens with one attached hydrogen (secondary N) is 1. The molecule has 1 N–H and O–H groups in total. The molecule has 0 bridgehead atoms. The fourth-order valence-corrected chi connectivity index (χ4v) is 6.37. The van der Waals surface area contributed by atoms with Gasteiger partial charge in [0.25, 0.3) is 15.7 Å². The van der Waals surface area contributed by atoms with E-state index in [1.54, 1.807) is 19.1 Å². The molecule has 44 heavy (non-hydrogen) atoms. The van der Waals surface area contributed by atoms with Crippen LogP contribution in [0, 0.1) is 17.0 Å². The normalized spacial score (nSPS) is 11.9. The largest absolute Gasteiger partial charge is 0.497 e. The van der Waals surface area contributed by atoms with Gasteiger partial charge in [0.05, 0.1) is 22.6 Å². The summed E-state index contributed by atoms with van der Waals surface area (Å²) in [4.78, 5) is 39.2. The SMILES string of the molecule is CCCNC(=O)C(CC)N(Cc1ccc(Cl)cc1Cl)C(=O)CN(c1ccc(OC)cc1)S(=O)(=O)c1ccc(C)c([N+](=O)[O-])c1. The third kappa shape index (κ3) is 8.19. The molecule has 236 valence electrons. The number of rotatable bonds is 14. The van der Waals surface area contributed by atoms with E-state index >= 15 is 0 Å². The number of nitro groups is 1. The number of benzene rings is 3. The molecule has 3 aromatic carbocycles. The highest BCUT2D eigenvalue weighted by Gasteiger charge is 2.34. The first-order valence-corrected chi connectivity index (χ1v) is 16.0. The van der Waals surface area contributed by atoms with Crippen LogP contribution in [-0.2, 0) is 26.2 Å². The Morgan fingerprint density at radius 2 is 1.73 bits per heavy atom. The van der Waals surface area contributed by atoms with Crippen molar-refractivity contribution in [2.45, 2.75) is 51.1 Å². The Bertz CT molecular complexity index is 1620. The number of anilines is 1. The van der Waals surface area contributed by atoms with Crippen molar-refractivity contribution in [3.8, 4) is 5.75 Å². The van der Waals surface area contributed by atoms with Crippen molar-refractivity contribution >= 4 is 56.4 Å². The second-order valence-electron chi connectivity index (χ2n) is 9.89. The second kappa shape index (κ2) is 15.2. The number of nitrogens with zero attached hydrogens (tertiary/aromatic N) is 3. The standard InChI is InChI=1S/C30H34Cl2N4O7S/c1-5-15-33-30(38)27(6-2)34(18-21-8-9-22(31)16-26(21)32)29(37)19-35(23-10-12-24(43-4)13-11-23)44(41,42)25-14-7-20(3)28(17-25)36(39)40/h7-14,16-17,27H,5-6,15,18-19H2,1-4H3,(H,33,38). The molecule has 0 aliphatic heterocycles. The summed E-state index contributed by atoms with van der Waals surface area (Å²) in [5, 5.41) is 15.1. The number of halogens is 2. The number of ether oxygens (including phenoxy) is 1. The molecule has 0 spiro atoms. The first-order valence-electron chi connectivity index (χ1n) is 13.8. The van der Waals surface area contributed by atoms with Crippen LogP contribution >= 0.6 is 23.2 Å². The van der Waals surface area contributed by atoms with Crippen molar-refractivity contribution in [3.63, 3.8) is 0 Å². The maximum absolute atomic E-state index is 14.2. The number of aryl methyl sites for hydroxylation is 1. The van der Waals surface area contributed by atoms with Gasteiger partial charge in [-0.1, -0.05) is 49.2 Å². The Labute approximate surface area is 266 Å². The third-order valence-electron chi connectivity index (χ3n) is 6.90. The molecule has 0 saturated heterocycles. The van der Waals surface area contributed by atoms with Gasteiger partial charge in [0.1, 0.15) is 18.3 Å². The molecule has 2 amide bonds. The van der Waals surface area contributed by atoms with E-state index in [-0.39, 0.29) is 39.8 Å². The molecule has 14 heteroatoms. The van der Waals surface area contributed by atoms with Crippen LogP contribution < -0.4 is 14.4 Å². The van der Waals surface area contributed by atoms with Crippen molar-refractivity contribution in [1.29, 1.82) is 0 Å². The minimum absolute atomic E-state index is 0.107. The molecule has 0 aliphatic rings. The average Bonchev–Trinajstić information content (AvgIpc) is 2.99. The van der Waals surface area contributed by atoms with Crippen LogP contribution in [0.15, 0.2) is 65.6 Å². The van der Waals surface area contributed by atoms with Gasteiger partial charge in [-0.25, -0.2) is 8.42 Å². The number of carbonyl (C=O) groups is 2. The predicted molar refractivity (Wildman–Crippen MR) is 170 cm³/mol. The lowest BCUT2D eigenvalue weighted by Gasteiger charge is -2.33. The van der Waals surface area contributed by atoms with Crippen LogP contribution in [0.25, 0.3) is 0 Å². The summed E-state index contributed by atoms with van der Waals surface area (Å²) in [7, 11) is -3.08. The van der Waals surface area contributed by atoms with E-state index < -0.39 is 39.3 Å². The van der Waals surface area contributed by atoms with E-state index in [4.69, 9.17) is 27.9 Å². The molecule has 0 heterocycles. The Hall–Kier alpha value is -3.87. The van der Waals surface area contributed by atoms with Gasteiger partial charge in [-0.15, -0.1) is 0 Å². The minimum atomic E-state index is -4.53. The molecule has 1 unspecified atom stereocenters. The minimum Gasteiger partial charge on any atom is -0.497 e. The number of nitro benzene ring substituents is 1. The zero-order valence-electron chi connectivity index (χ0n) is 24.7. The number of hydrogen-bond donors (Lipinski definition) is 1. The smallest absolute Gasteiger partial charge is 0.273 e. The maximum atomic E-state index is 14.2. The summed E-state index contributed by atoms with van der Waals surface area (Å²) in [5.41, 5.74) is 0.496. The van der Waals surface area contributed by atoms with Crippen LogP contribution in [0.5, 0.6) is 5.75 Å². The number of methoxy groups -OCH3 is 1.